The third-order valence-corrected chi connectivity index (χ3v) is 19.8. The van der Waals surface area contributed by atoms with Crippen LogP contribution < -0.4 is 31.1 Å². The topological polar surface area (TPSA) is 22.9 Å². The van der Waals surface area contributed by atoms with Crippen LogP contribution >= 0.6 is 0 Å². The molecule has 0 radical (unpaired) electrons. The van der Waals surface area contributed by atoms with E-state index in [1.54, 1.807) is 0 Å². The number of hydrogen-bond acceptors (Lipinski definition) is 4. The Hall–Kier alpha value is -6.98. The van der Waals surface area contributed by atoms with E-state index in [4.69, 9.17) is 4.42 Å². The Balaban J connectivity index is 1.17. The number of fused-ring (bicyclic) bond motifs is 9. The summed E-state index contributed by atoms with van der Waals surface area (Å²) in [4.78, 5) is 7.77. The molecule has 0 unspecified atom stereocenters. The molecule has 0 atom stereocenters. The molecule has 13 rings (SSSR count). The predicted molar refractivity (Wildman–Crippen MR) is 349 cm³/mol. The third-order valence-electron chi connectivity index (χ3n) is 19.8. The fourth-order valence-corrected chi connectivity index (χ4v) is 14.4. The van der Waals surface area contributed by atoms with Crippen molar-refractivity contribution in [2.45, 2.75) is 181 Å². The van der Waals surface area contributed by atoms with Gasteiger partial charge < -0.3 is 19.1 Å². The Morgan fingerprint density at radius 3 is 1.38 bits per heavy atom. The van der Waals surface area contributed by atoms with E-state index in [1.807, 2.05) is 0 Å². The SMILES string of the molecule is CC(C)(C)c1cc(N2c3cc(N(c4ccccc4)c4ccccc4)ccc3B3c4cc5oc6cc7c(cc6c5cc4N(c4ccc5c(c4)C(C)(C)CCC5(C)C)c4cc(C(C)(C)C)cc2c43)C(C)(C)CCC7(C)C)cc(C(C)(C)C)c1. The first kappa shape index (κ1) is 53.3. The Morgan fingerprint density at radius 2 is 0.840 bits per heavy atom. The van der Waals surface area contributed by atoms with Crippen molar-refractivity contribution in [1.82, 2.24) is 0 Å². The monoisotopic (exact) mass is 1070 g/mol. The smallest absolute Gasteiger partial charge is 0.252 e. The van der Waals surface area contributed by atoms with Gasteiger partial charge >= 0.3 is 0 Å². The molecular formula is C76H84BN3O. The summed E-state index contributed by atoms with van der Waals surface area (Å²) in [6, 6.07) is 59.1. The lowest BCUT2D eigenvalue weighted by atomic mass is 9.33. The summed E-state index contributed by atoms with van der Waals surface area (Å²) in [6.45, 7) is 40.8. The average molecular weight is 1070 g/mol. The lowest BCUT2D eigenvalue weighted by Gasteiger charge is -2.46. The fourth-order valence-electron chi connectivity index (χ4n) is 14.4. The molecule has 8 aromatic carbocycles. The van der Waals surface area contributed by atoms with Gasteiger partial charge in [0.1, 0.15) is 11.2 Å². The molecule has 0 bridgehead atoms. The second kappa shape index (κ2) is 17.8. The Morgan fingerprint density at radius 1 is 0.383 bits per heavy atom. The van der Waals surface area contributed by atoms with Crippen LogP contribution in [0, 0.1) is 0 Å². The van der Waals surface area contributed by atoms with Crippen molar-refractivity contribution in [1.29, 1.82) is 0 Å². The molecule has 0 amide bonds. The van der Waals surface area contributed by atoms with Gasteiger partial charge in [0.15, 0.2) is 0 Å². The van der Waals surface area contributed by atoms with Crippen LogP contribution in [0.4, 0.5) is 51.2 Å². The molecule has 2 aliphatic heterocycles. The van der Waals surface area contributed by atoms with Gasteiger partial charge in [-0.1, -0.05) is 172 Å². The van der Waals surface area contributed by atoms with Gasteiger partial charge in [-0.3, -0.25) is 0 Å². The molecule has 0 N–H and O–H groups in total. The van der Waals surface area contributed by atoms with Gasteiger partial charge in [0, 0.05) is 62.0 Å². The quantitative estimate of drug-likeness (QED) is 0.160. The third kappa shape index (κ3) is 8.60. The van der Waals surface area contributed by atoms with Gasteiger partial charge in [-0.2, -0.15) is 0 Å². The van der Waals surface area contributed by atoms with Crippen LogP contribution in [-0.2, 0) is 37.9 Å². The molecule has 412 valence electrons. The molecule has 3 heterocycles. The van der Waals surface area contributed by atoms with E-state index in [0.717, 1.165) is 47.5 Å². The number of para-hydroxylation sites is 2. The lowest BCUT2D eigenvalue weighted by Crippen LogP contribution is -2.61. The van der Waals surface area contributed by atoms with Crippen LogP contribution in [0.5, 0.6) is 0 Å². The van der Waals surface area contributed by atoms with Crippen molar-refractivity contribution in [2.75, 3.05) is 14.7 Å². The first-order chi connectivity index (χ1) is 38.0. The summed E-state index contributed by atoms with van der Waals surface area (Å²) in [5, 5.41) is 2.38. The van der Waals surface area contributed by atoms with Gasteiger partial charge in [0.05, 0.1) is 0 Å². The molecule has 5 heteroatoms. The molecule has 0 fully saturated rings. The van der Waals surface area contributed by atoms with Crippen LogP contribution in [-0.4, -0.2) is 6.71 Å². The second-order valence-corrected chi connectivity index (χ2v) is 30.5. The van der Waals surface area contributed by atoms with Crippen molar-refractivity contribution >= 4 is 96.2 Å². The summed E-state index contributed by atoms with van der Waals surface area (Å²) < 4.78 is 7.29. The second-order valence-electron chi connectivity index (χ2n) is 30.5. The minimum Gasteiger partial charge on any atom is -0.456 e. The predicted octanol–water partition coefficient (Wildman–Crippen LogP) is 19.7. The zero-order valence-corrected chi connectivity index (χ0v) is 51.6. The van der Waals surface area contributed by atoms with E-state index >= 15 is 0 Å². The van der Waals surface area contributed by atoms with E-state index in [2.05, 4.69) is 284 Å². The molecule has 2 aliphatic carbocycles. The van der Waals surface area contributed by atoms with Gasteiger partial charge in [-0.05, 0) is 216 Å². The highest BCUT2D eigenvalue weighted by molar-refractivity contribution is 7.00. The van der Waals surface area contributed by atoms with E-state index < -0.39 is 0 Å². The Kier molecular flexibility index (Phi) is 11.7. The van der Waals surface area contributed by atoms with E-state index in [-0.39, 0.29) is 44.6 Å². The summed E-state index contributed by atoms with van der Waals surface area (Å²) in [5.74, 6) is 0. The first-order valence-electron chi connectivity index (χ1n) is 30.2. The molecule has 9 aromatic rings. The molecule has 0 spiro atoms. The van der Waals surface area contributed by atoms with E-state index in [1.165, 1.54) is 107 Å². The summed E-state index contributed by atoms with van der Waals surface area (Å²) in [7, 11) is 0. The van der Waals surface area contributed by atoms with E-state index in [9.17, 15) is 0 Å². The molecule has 1 aromatic heterocycles. The lowest BCUT2D eigenvalue weighted by molar-refractivity contribution is 0.332. The van der Waals surface area contributed by atoms with E-state index in [0.29, 0.717) is 0 Å². The maximum atomic E-state index is 7.29. The average Bonchev–Trinajstić information content (AvgIpc) is 3.82. The van der Waals surface area contributed by atoms with Crippen LogP contribution in [0.1, 0.15) is 182 Å². The zero-order chi connectivity index (χ0) is 57.3. The van der Waals surface area contributed by atoms with Crippen molar-refractivity contribution in [3.8, 4) is 0 Å². The van der Waals surface area contributed by atoms with Crippen molar-refractivity contribution < 1.29 is 4.42 Å². The summed E-state index contributed by atoms with van der Waals surface area (Å²) >= 11 is 0. The highest BCUT2D eigenvalue weighted by Gasteiger charge is 2.47. The van der Waals surface area contributed by atoms with Crippen LogP contribution in [0.25, 0.3) is 21.9 Å². The highest BCUT2D eigenvalue weighted by Crippen LogP contribution is 2.54. The largest absolute Gasteiger partial charge is 0.456 e. The van der Waals surface area contributed by atoms with Crippen LogP contribution in [0.2, 0.25) is 0 Å². The van der Waals surface area contributed by atoms with Gasteiger partial charge in [-0.25, -0.2) is 0 Å². The Labute approximate surface area is 484 Å². The molecule has 81 heavy (non-hydrogen) atoms. The summed E-state index contributed by atoms with van der Waals surface area (Å²) in [5.41, 5.74) is 26.0. The molecule has 0 saturated carbocycles. The number of benzene rings is 8. The molecular weight excluding hydrogens is 982 g/mol. The van der Waals surface area contributed by atoms with Crippen molar-refractivity contribution in [3.05, 3.63) is 191 Å². The first-order valence-corrected chi connectivity index (χ1v) is 30.2. The minimum atomic E-state index is -0.186. The number of rotatable bonds is 5. The maximum absolute atomic E-state index is 7.29. The normalized spacial score (nSPS) is 17.6. The number of furan rings is 1. The number of nitrogens with zero attached hydrogens (tertiary/aromatic N) is 3. The number of hydrogen-bond donors (Lipinski definition) is 0. The summed E-state index contributed by atoms with van der Waals surface area (Å²) in [6.07, 6.45) is 4.63. The van der Waals surface area contributed by atoms with Gasteiger partial charge in [0.2, 0.25) is 0 Å². The fraction of sp³-hybridized carbons (Fsp3) is 0.368. The molecule has 4 nitrogen and oxygen atoms in total. The van der Waals surface area contributed by atoms with Crippen LogP contribution in [0.3, 0.4) is 0 Å². The van der Waals surface area contributed by atoms with Gasteiger partial charge in [-0.15, -0.1) is 0 Å². The van der Waals surface area contributed by atoms with Crippen molar-refractivity contribution in [2.24, 2.45) is 0 Å². The van der Waals surface area contributed by atoms with Crippen LogP contribution in [0.15, 0.2) is 156 Å². The molecule has 4 aliphatic rings. The zero-order valence-electron chi connectivity index (χ0n) is 51.6. The number of anilines is 9. The van der Waals surface area contributed by atoms with Crippen molar-refractivity contribution in [3.63, 3.8) is 0 Å². The Bertz CT molecular complexity index is 3950. The molecule has 0 saturated heterocycles. The standard InChI is InChI=1S/C76H84BN3O/c1-70(2,3)47-36-48(71(4,5)6)38-54(37-47)80-63-42-53(78(50-24-20-18-21-25-50)51-26-22-19-23-27-51)29-31-61(63)77-62-46-68-56(55-43-59-60(45-67(55)81-68)76(16,17)35-34-75(59,14)15)44-64(62)79(65-39-49(72(7,8)9)40-66(80)69(65)77)52-28-30-57-58(41-52)74(12,13)33-32-73(57,10)11/h18-31,36-46H,32-35H2,1-17H3. The minimum absolute atomic E-state index is 0.0166. The maximum Gasteiger partial charge on any atom is 0.252 e. The highest BCUT2D eigenvalue weighted by atomic mass is 16.3. The van der Waals surface area contributed by atoms with Gasteiger partial charge in [0.25, 0.3) is 6.71 Å².